The van der Waals surface area contributed by atoms with Crippen LogP contribution in [-0.2, 0) is 21.2 Å². The summed E-state index contributed by atoms with van der Waals surface area (Å²) in [5.74, 6) is -1.17. The first kappa shape index (κ1) is 14.7. The quantitative estimate of drug-likeness (QED) is 0.887. The molecule has 2 atom stereocenters. The molecule has 0 radical (unpaired) electrons. The van der Waals surface area contributed by atoms with Gasteiger partial charge in [-0.25, -0.2) is 13.1 Å². The number of carbonyl (C=O) groups is 1. The Bertz CT molecular complexity index is 803. The summed E-state index contributed by atoms with van der Waals surface area (Å²) >= 11 is 0. The lowest BCUT2D eigenvalue weighted by Crippen LogP contribution is -2.42. The van der Waals surface area contributed by atoms with E-state index in [4.69, 9.17) is 5.73 Å². The summed E-state index contributed by atoms with van der Waals surface area (Å²) in [5, 5.41) is 0. The van der Waals surface area contributed by atoms with Crippen molar-refractivity contribution in [2.24, 2.45) is 5.73 Å². The lowest BCUT2D eigenvalue weighted by Gasteiger charge is -2.19. The normalized spacial score (nSPS) is 20.5. The molecule has 0 saturated carbocycles. The fourth-order valence-corrected chi connectivity index (χ4v) is 4.19. The maximum absolute atomic E-state index is 12.4. The van der Waals surface area contributed by atoms with Crippen LogP contribution < -0.4 is 10.5 Å². The van der Waals surface area contributed by atoms with Gasteiger partial charge in [0.05, 0.1) is 10.8 Å². The molecule has 5 nitrogen and oxygen atoms in total. The second kappa shape index (κ2) is 5.55. The molecular formula is C16H16N2O3S. The Morgan fingerprint density at radius 3 is 2.36 bits per heavy atom. The highest BCUT2D eigenvalue weighted by Gasteiger charge is 2.38. The first-order valence-electron chi connectivity index (χ1n) is 6.93. The number of carbonyl (C=O) groups excluding carboxylic acids is 1. The number of sulfonamides is 1. The molecular weight excluding hydrogens is 300 g/mol. The maximum Gasteiger partial charge on any atom is 0.240 e. The van der Waals surface area contributed by atoms with E-state index in [2.05, 4.69) is 4.72 Å². The van der Waals surface area contributed by atoms with E-state index in [1.54, 1.807) is 18.2 Å². The molecule has 0 aromatic heterocycles. The first-order valence-corrected chi connectivity index (χ1v) is 8.42. The summed E-state index contributed by atoms with van der Waals surface area (Å²) in [6.07, 6.45) is 0.454. The first-order chi connectivity index (χ1) is 10.5. The summed E-state index contributed by atoms with van der Waals surface area (Å²) < 4.78 is 27.5. The second-order valence-corrected chi connectivity index (χ2v) is 7.04. The third-order valence-corrected chi connectivity index (χ3v) is 5.40. The van der Waals surface area contributed by atoms with Gasteiger partial charge in [-0.15, -0.1) is 0 Å². The van der Waals surface area contributed by atoms with Crippen LogP contribution in [0.4, 0.5) is 0 Å². The number of amides is 1. The van der Waals surface area contributed by atoms with Crippen LogP contribution in [0.5, 0.6) is 0 Å². The standard InChI is InChI=1S/C16H16N2O3S/c17-16(19)15-13-9-5-4-6-11(13)10-14(15)18-22(20,21)12-7-2-1-3-8-12/h1-9,14-15,18H,10H2,(H2,17,19). The Morgan fingerprint density at radius 1 is 1.05 bits per heavy atom. The molecule has 2 aromatic rings. The highest BCUT2D eigenvalue weighted by Crippen LogP contribution is 2.33. The van der Waals surface area contributed by atoms with E-state index in [1.807, 2.05) is 24.3 Å². The van der Waals surface area contributed by atoms with E-state index < -0.39 is 27.9 Å². The van der Waals surface area contributed by atoms with Crippen molar-refractivity contribution in [2.75, 3.05) is 0 Å². The Balaban J connectivity index is 1.92. The number of hydrogen-bond donors (Lipinski definition) is 2. The lowest BCUT2D eigenvalue weighted by atomic mass is 9.98. The van der Waals surface area contributed by atoms with Gasteiger partial charge in [0.2, 0.25) is 15.9 Å². The Hall–Kier alpha value is -2.18. The highest BCUT2D eigenvalue weighted by molar-refractivity contribution is 7.89. The fraction of sp³-hybridized carbons (Fsp3) is 0.188. The Morgan fingerprint density at radius 2 is 1.68 bits per heavy atom. The minimum atomic E-state index is -3.69. The van der Waals surface area contributed by atoms with Crippen molar-refractivity contribution in [3.8, 4) is 0 Å². The summed E-state index contributed by atoms with van der Waals surface area (Å²) in [5.41, 5.74) is 7.24. The molecule has 3 rings (SSSR count). The number of hydrogen-bond acceptors (Lipinski definition) is 3. The molecule has 0 fully saturated rings. The van der Waals surface area contributed by atoms with Gasteiger partial charge in [0.25, 0.3) is 0 Å². The van der Waals surface area contributed by atoms with Gasteiger partial charge in [-0.05, 0) is 29.7 Å². The Labute approximate surface area is 129 Å². The lowest BCUT2D eigenvalue weighted by molar-refractivity contribution is -0.119. The molecule has 2 aromatic carbocycles. The van der Waals surface area contributed by atoms with E-state index in [9.17, 15) is 13.2 Å². The zero-order valence-electron chi connectivity index (χ0n) is 11.8. The van der Waals surface area contributed by atoms with Gasteiger partial charge in [0.1, 0.15) is 0 Å². The Kier molecular flexibility index (Phi) is 3.72. The summed E-state index contributed by atoms with van der Waals surface area (Å²) in [6.45, 7) is 0. The van der Waals surface area contributed by atoms with Crippen LogP contribution in [0.3, 0.4) is 0 Å². The van der Waals surface area contributed by atoms with Gasteiger partial charge in [-0.1, -0.05) is 42.5 Å². The van der Waals surface area contributed by atoms with Crippen LogP contribution in [-0.4, -0.2) is 20.4 Å². The molecule has 0 saturated heterocycles. The smallest absolute Gasteiger partial charge is 0.240 e. The summed E-state index contributed by atoms with van der Waals surface area (Å²) in [6, 6.07) is 14.9. The van der Waals surface area contributed by atoms with Gasteiger partial charge >= 0.3 is 0 Å². The zero-order chi connectivity index (χ0) is 15.7. The molecule has 1 aliphatic rings. The average molecular weight is 316 g/mol. The van der Waals surface area contributed by atoms with Crippen LogP contribution in [0.15, 0.2) is 59.5 Å². The van der Waals surface area contributed by atoms with Crippen molar-refractivity contribution in [3.63, 3.8) is 0 Å². The van der Waals surface area contributed by atoms with E-state index in [0.717, 1.165) is 11.1 Å². The largest absolute Gasteiger partial charge is 0.369 e. The van der Waals surface area contributed by atoms with Crippen LogP contribution in [0.2, 0.25) is 0 Å². The fourth-order valence-electron chi connectivity index (χ4n) is 2.92. The predicted octanol–water partition coefficient (Wildman–Crippen LogP) is 1.16. The number of rotatable bonds is 4. The van der Waals surface area contributed by atoms with Gasteiger partial charge in [-0.2, -0.15) is 0 Å². The number of fused-ring (bicyclic) bond motifs is 1. The zero-order valence-corrected chi connectivity index (χ0v) is 12.6. The molecule has 0 spiro atoms. The molecule has 114 valence electrons. The molecule has 2 unspecified atom stereocenters. The van der Waals surface area contributed by atoms with Gasteiger partial charge in [0, 0.05) is 6.04 Å². The second-order valence-electron chi connectivity index (χ2n) is 5.32. The number of benzene rings is 2. The van der Waals surface area contributed by atoms with Crippen LogP contribution in [0.25, 0.3) is 0 Å². The third-order valence-electron chi connectivity index (χ3n) is 3.90. The van der Waals surface area contributed by atoms with Crippen LogP contribution >= 0.6 is 0 Å². The molecule has 22 heavy (non-hydrogen) atoms. The SMILES string of the molecule is NC(=O)C1c2ccccc2CC1NS(=O)(=O)c1ccccc1. The average Bonchev–Trinajstić information content (AvgIpc) is 2.85. The highest BCUT2D eigenvalue weighted by atomic mass is 32.2. The molecule has 6 heteroatoms. The number of primary amides is 1. The minimum absolute atomic E-state index is 0.175. The third kappa shape index (κ3) is 2.63. The van der Waals surface area contributed by atoms with E-state index in [1.165, 1.54) is 12.1 Å². The van der Waals surface area contributed by atoms with E-state index >= 15 is 0 Å². The molecule has 3 N–H and O–H groups in total. The van der Waals surface area contributed by atoms with Crippen LogP contribution in [0, 0.1) is 0 Å². The van der Waals surface area contributed by atoms with Gasteiger partial charge in [0.15, 0.2) is 0 Å². The number of nitrogens with one attached hydrogen (secondary N) is 1. The molecule has 0 aliphatic heterocycles. The molecule has 0 bridgehead atoms. The summed E-state index contributed by atoms with van der Waals surface area (Å²) in [7, 11) is -3.69. The molecule has 1 amide bonds. The topological polar surface area (TPSA) is 89.3 Å². The number of nitrogens with two attached hydrogens (primary N) is 1. The van der Waals surface area contributed by atoms with Gasteiger partial charge in [-0.3, -0.25) is 4.79 Å². The van der Waals surface area contributed by atoms with Crippen molar-refractivity contribution in [1.29, 1.82) is 0 Å². The van der Waals surface area contributed by atoms with Gasteiger partial charge < -0.3 is 5.73 Å². The monoisotopic (exact) mass is 316 g/mol. The van der Waals surface area contributed by atoms with Crippen molar-refractivity contribution < 1.29 is 13.2 Å². The van der Waals surface area contributed by atoms with E-state index in [-0.39, 0.29) is 4.90 Å². The van der Waals surface area contributed by atoms with Crippen molar-refractivity contribution in [1.82, 2.24) is 4.72 Å². The minimum Gasteiger partial charge on any atom is -0.369 e. The van der Waals surface area contributed by atoms with Crippen molar-refractivity contribution in [2.45, 2.75) is 23.3 Å². The van der Waals surface area contributed by atoms with Crippen molar-refractivity contribution >= 4 is 15.9 Å². The molecule has 1 aliphatic carbocycles. The predicted molar refractivity (Wildman–Crippen MR) is 82.6 cm³/mol. The van der Waals surface area contributed by atoms with E-state index in [0.29, 0.717) is 6.42 Å². The van der Waals surface area contributed by atoms with Crippen LogP contribution in [0.1, 0.15) is 17.0 Å². The molecule has 0 heterocycles. The summed E-state index contributed by atoms with van der Waals surface area (Å²) in [4.78, 5) is 12.0. The van der Waals surface area contributed by atoms with Crippen molar-refractivity contribution in [3.05, 3.63) is 65.7 Å². The maximum atomic E-state index is 12.4.